The van der Waals surface area contributed by atoms with Gasteiger partial charge >= 0.3 is 5.69 Å². The molecule has 0 spiro atoms. The van der Waals surface area contributed by atoms with E-state index >= 15 is 0 Å². The second kappa shape index (κ2) is 2.59. The highest BCUT2D eigenvalue weighted by molar-refractivity contribution is 5.32. The molecular formula is C5H8N4O2. The zero-order valence-corrected chi connectivity index (χ0v) is 5.92. The van der Waals surface area contributed by atoms with Crippen molar-refractivity contribution < 1.29 is 0 Å². The van der Waals surface area contributed by atoms with Crippen molar-refractivity contribution in [3.63, 3.8) is 0 Å². The van der Waals surface area contributed by atoms with Crippen LogP contribution in [0, 0.1) is 0 Å². The molecule has 0 saturated carbocycles. The maximum absolute atomic E-state index is 10.7. The minimum absolute atomic E-state index is 0.277. The number of aromatic nitrogens is 2. The van der Waals surface area contributed by atoms with Crippen LogP contribution in [0.2, 0.25) is 0 Å². The number of hydrogen-bond donors (Lipinski definition) is 3. The van der Waals surface area contributed by atoms with Gasteiger partial charge in [0, 0.05) is 13.1 Å². The maximum Gasteiger partial charge on any atom is 0.327 e. The van der Waals surface area contributed by atoms with Gasteiger partial charge in [-0.05, 0) is 0 Å². The van der Waals surface area contributed by atoms with Crippen LogP contribution in [0.3, 0.4) is 0 Å². The van der Waals surface area contributed by atoms with Gasteiger partial charge in [0.25, 0.3) is 5.56 Å². The van der Waals surface area contributed by atoms with E-state index in [-0.39, 0.29) is 5.82 Å². The summed E-state index contributed by atoms with van der Waals surface area (Å²) in [7, 11) is 1.52. The Morgan fingerprint density at radius 1 is 1.45 bits per heavy atom. The van der Waals surface area contributed by atoms with E-state index in [0.29, 0.717) is 0 Å². The van der Waals surface area contributed by atoms with Crippen molar-refractivity contribution in [3.05, 3.63) is 26.9 Å². The SMILES string of the molecule is CN(N)c1cc(=O)[nH]c(=O)[nH]1. The molecule has 0 unspecified atom stereocenters. The lowest BCUT2D eigenvalue weighted by Gasteiger charge is -2.08. The number of nitrogens with two attached hydrogens (primary N) is 1. The first kappa shape index (κ1) is 7.55. The molecule has 0 saturated heterocycles. The highest BCUT2D eigenvalue weighted by Crippen LogP contribution is 1.93. The summed E-state index contributed by atoms with van der Waals surface area (Å²) in [5, 5.41) is 1.15. The molecule has 0 aliphatic heterocycles. The number of rotatable bonds is 1. The molecule has 0 radical (unpaired) electrons. The highest BCUT2D eigenvalue weighted by atomic mass is 16.2. The third-order valence-electron chi connectivity index (χ3n) is 1.13. The van der Waals surface area contributed by atoms with E-state index in [4.69, 9.17) is 5.84 Å². The van der Waals surface area contributed by atoms with Crippen molar-refractivity contribution in [2.75, 3.05) is 12.1 Å². The van der Waals surface area contributed by atoms with E-state index < -0.39 is 11.2 Å². The van der Waals surface area contributed by atoms with Gasteiger partial charge in [0.05, 0.1) is 0 Å². The average molecular weight is 156 g/mol. The fourth-order valence-electron chi connectivity index (χ4n) is 0.646. The normalized spacial score (nSPS) is 9.64. The van der Waals surface area contributed by atoms with Crippen molar-refractivity contribution in [3.8, 4) is 0 Å². The number of nitrogens with zero attached hydrogens (tertiary/aromatic N) is 1. The van der Waals surface area contributed by atoms with E-state index in [9.17, 15) is 9.59 Å². The van der Waals surface area contributed by atoms with Gasteiger partial charge < -0.3 is 0 Å². The molecule has 6 nitrogen and oxygen atoms in total. The van der Waals surface area contributed by atoms with Crippen LogP contribution in [0.4, 0.5) is 5.82 Å². The molecule has 0 aliphatic rings. The number of anilines is 1. The van der Waals surface area contributed by atoms with Crippen LogP contribution in [0.1, 0.15) is 0 Å². The molecule has 0 aliphatic carbocycles. The third-order valence-corrected chi connectivity index (χ3v) is 1.13. The van der Waals surface area contributed by atoms with E-state index in [1.807, 2.05) is 4.98 Å². The van der Waals surface area contributed by atoms with Crippen LogP contribution in [-0.4, -0.2) is 17.0 Å². The van der Waals surface area contributed by atoms with E-state index in [2.05, 4.69) is 4.98 Å². The van der Waals surface area contributed by atoms with Crippen LogP contribution in [-0.2, 0) is 0 Å². The van der Waals surface area contributed by atoms with Gasteiger partial charge in [-0.2, -0.15) is 0 Å². The summed E-state index contributed by atoms with van der Waals surface area (Å²) in [6.07, 6.45) is 0. The van der Waals surface area contributed by atoms with Crippen LogP contribution >= 0.6 is 0 Å². The molecule has 0 atom stereocenters. The Morgan fingerprint density at radius 2 is 2.09 bits per heavy atom. The Kier molecular flexibility index (Phi) is 1.77. The molecule has 11 heavy (non-hydrogen) atoms. The smallest absolute Gasteiger partial charge is 0.299 e. The quantitative estimate of drug-likeness (QED) is 0.336. The molecule has 0 amide bonds. The summed E-state index contributed by atoms with van der Waals surface area (Å²) in [5.41, 5.74) is -1.04. The van der Waals surface area contributed by atoms with E-state index in [1.54, 1.807) is 0 Å². The minimum Gasteiger partial charge on any atom is -0.299 e. The molecule has 4 N–H and O–H groups in total. The monoisotopic (exact) mass is 156 g/mol. The predicted octanol–water partition coefficient (Wildman–Crippen LogP) is -1.63. The van der Waals surface area contributed by atoms with Crippen LogP contribution in [0.25, 0.3) is 0 Å². The fourth-order valence-corrected chi connectivity index (χ4v) is 0.646. The Morgan fingerprint density at radius 3 is 2.55 bits per heavy atom. The first-order valence-electron chi connectivity index (χ1n) is 2.91. The van der Waals surface area contributed by atoms with Gasteiger partial charge in [0.15, 0.2) is 0 Å². The number of nitrogens with one attached hydrogen (secondary N) is 2. The Hall–Kier alpha value is -1.56. The second-order valence-corrected chi connectivity index (χ2v) is 2.08. The summed E-state index contributed by atoms with van der Waals surface area (Å²) < 4.78 is 0. The van der Waals surface area contributed by atoms with Crippen molar-refractivity contribution >= 4 is 5.82 Å². The standard InChI is InChI=1S/C5H8N4O2/c1-9(6)3-2-4(10)8-5(11)7-3/h2H,6H2,1H3,(H2,7,8,10,11). The van der Waals surface area contributed by atoms with Crippen LogP contribution < -0.4 is 22.1 Å². The molecule has 1 aromatic rings. The lowest BCUT2D eigenvalue weighted by atomic mass is 10.6. The zero-order chi connectivity index (χ0) is 8.43. The highest BCUT2D eigenvalue weighted by Gasteiger charge is 1.96. The van der Waals surface area contributed by atoms with Crippen LogP contribution in [0.5, 0.6) is 0 Å². The third kappa shape index (κ3) is 1.68. The maximum atomic E-state index is 10.7. The van der Waals surface area contributed by atoms with Crippen molar-refractivity contribution in [2.45, 2.75) is 0 Å². The van der Waals surface area contributed by atoms with Gasteiger partial charge in [-0.25, -0.2) is 10.6 Å². The Labute approximate surface area is 61.6 Å². The molecule has 0 fully saturated rings. The first-order valence-corrected chi connectivity index (χ1v) is 2.91. The van der Waals surface area contributed by atoms with E-state index in [1.165, 1.54) is 13.1 Å². The van der Waals surface area contributed by atoms with Crippen LogP contribution in [0.15, 0.2) is 15.7 Å². The van der Waals surface area contributed by atoms with Gasteiger partial charge in [0.1, 0.15) is 5.82 Å². The summed E-state index contributed by atoms with van der Waals surface area (Å²) >= 11 is 0. The summed E-state index contributed by atoms with van der Waals surface area (Å²) in [6, 6.07) is 1.20. The summed E-state index contributed by atoms with van der Waals surface area (Å²) in [5.74, 6) is 5.54. The molecule has 6 heteroatoms. The Bertz CT molecular complexity index is 322. The number of H-pyrrole nitrogens is 2. The molecule has 0 bridgehead atoms. The summed E-state index contributed by atoms with van der Waals surface area (Å²) in [4.78, 5) is 25.6. The van der Waals surface area contributed by atoms with Crippen molar-refractivity contribution in [2.24, 2.45) is 5.84 Å². The van der Waals surface area contributed by atoms with E-state index in [0.717, 1.165) is 5.01 Å². The number of hydrogen-bond acceptors (Lipinski definition) is 4. The largest absolute Gasteiger partial charge is 0.327 e. The molecule has 1 rings (SSSR count). The van der Waals surface area contributed by atoms with Crippen molar-refractivity contribution in [1.29, 1.82) is 0 Å². The zero-order valence-electron chi connectivity index (χ0n) is 5.92. The Balaban J connectivity index is 3.30. The van der Waals surface area contributed by atoms with Gasteiger partial charge in [-0.15, -0.1) is 0 Å². The van der Waals surface area contributed by atoms with Crippen molar-refractivity contribution in [1.82, 2.24) is 9.97 Å². The topological polar surface area (TPSA) is 95.0 Å². The lowest BCUT2D eigenvalue weighted by molar-refractivity contribution is 0.929. The molecule has 1 heterocycles. The lowest BCUT2D eigenvalue weighted by Crippen LogP contribution is -2.31. The van der Waals surface area contributed by atoms with Gasteiger partial charge in [-0.3, -0.25) is 19.8 Å². The van der Waals surface area contributed by atoms with Gasteiger partial charge in [0.2, 0.25) is 0 Å². The molecule has 0 aromatic carbocycles. The minimum atomic E-state index is -0.565. The second-order valence-electron chi connectivity index (χ2n) is 2.08. The predicted molar refractivity (Wildman–Crippen MR) is 40.3 cm³/mol. The number of aromatic amines is 2. The molecular weight excluding hydrogens is 148 g/mol. The average Bonchev–Trinajstić information content (AvgIpc) is 1.85. The fraction of sp³-hybridized carbons (Fsp3) is 0.200. The van der Waals surface area contributed by atoms with Gasteiger partial charge in [-0.1, -0.05) is 0 Å². The molecule has 1 aromatic heterocycles. The summed E-state index contributed by atoms with van der Waals surface area (Å²) in [6.45, 7) is 0. The molecule has 60 valence electrons. The number of hydrazine groups is 1. The first-order chi connectivity index (χ1) is 5.09.